The van der Waals surface area contributed by atoms with E-state index in [1.54, 1.807) is 6.07 Å². The molecule has 0 bridgehead atoms. The molecule has 1 amide bonds. The van der Waals surface area contributed by atoms with E-state index in [0.717, 1.165) is 10.6 Å². The minimum atomic E-state index is -3.87. The maximum absolute atomic E-state index is 12.4. The van der Waals surface area contributed by atoms with Crippen LogP contribution in [-0.4, -0.2) is 59.6 Å². The minimum Gasteiger partial charge on any atom is -0.497 e. The number of hydrogen-bond acceptors (Lipinski definition) is 9. The van der Waals surface area contributed by atoms with E-state index in [-0.39, 0.29) is 22.9 Å². The topological polar surface area (TPSA) is 150 Å². The Morgan fingerprint density at radius 3 is 2.34 bits per heavy atom. The summed E-state index contributed by atoms with van der Waals surface area (Å²) in [5.41, 5.74) is 2.37. The number of sulfonamides is 1. The van der Waals surface area contributed by atoms with Crippen molar-refractivity contribution in [2.24, 2.45) is 5.10 Å². The van der Waals surface area contributed by atoms with Gasteiger partial charge in [-0.2, -0.15) is 5.10 Å². The number of carbonyl (C=O) groups is 1. The Morgan fingerprint density at radius 2 is 1.78 bits per heavy atom. The number of anilines is 1. The number of methoxy groups -OCH3 is 3. The summed E-state index contributed by atoms with van der Waals surface area (Å²) in [7, 11) is 0.215. The highest BCUT2D eigenvalue weighted by Crippen LogP contribution is 2.33. The quantitative estimate of drug-likeness (QED) is 0.315. The Bertz CT molecular complexity index is 1130. The van der Waals surface area contributed by atoms with Gasteiger partial charge in [0, 0.05) is 17.7 Å². The standard InChI is InChI=1S/C19H22N4O8S/c1-29-14-6-8-17(30-2)15(10-14)22(32(4,27)28)12-19(24)21-20-11-13-5-7-18(31-3)16(9-13)23(25)26/h5-11H,12H2,1-4H3,(H,21,24). The number of hydrazone groups is 1. The lowest BCUT2D eigenvalue weighted by Gasteiger charge is -2.23. The molecule has 0 unspecified atom stereocenters. The summed E-state index contributed by atoms with van der Waals surface area (Å²) in [5.74, 6) is -0.0844. The second kappa shape index (κ2) is 10.4. The molecule has 2 rings (SSSR count). The minimum absolute atomic E-state index is 0.0761. The van der Waals surface area contributed by atoms with E-state index in [0.29, 0.717) is 11.3 Å². The number of ether oxygens (including phenoxy) is 3. The van der Waals surface area contributed by atoms with Gasteiger partial charge in [-0.1, -0.05) is 0 Å². The van der Waals surface area contributed by atoms with Crippen LogP contribution in [0, 0.1) is 10.1 Å². The zero-order valence-electron chi connectivity index (χ0n) is 17.8. The van der Waals surface area contributed by atoms with E-state index in [4.69, 9.17) is 14.2 Å². The molecule has 0 saturated carbocycles. The van der Waals surface area contributed by atoms with Gasteiger partial charge in [0.25, 0.3) is 5.91 Å². The zero-order chi connectivity index (χ0) is 23.9. The lowest BCUT2D eigenvalue weighted by atomic mass is 10.2. The van der Waals surface area contributed by atoms with Crippen LogP contribution in [0.25, 0.3) is 0 Å². The first-order chi connectivity index (χ1) is 15.1. The van der Waals surface area contributed by atoms with Crippen molar-refractivity contribution in [3.8, 4) is 17.2 Å². The molecule has 12 nitrogen and oxygen atoms in total. The van der Waals surface area contributed by atoms with E-state index in [1.165, 1.54) is 57.9 Å². The van der Waals surface area contributed by atoms with E-state index in [1.807, 2.05) is 0 Å². The Balaban J connectivity index is 2.21. The number of benzene rings is 2. The largest absolute Gasteiger partial charge is 0.497 e. The first-order valence-corrected chi connectivity index (χ1v) is 10.8. The molecule has 172 valence electrons. The third-order valence-electron chi connectivity index (χ3n) is 4.14. The van der Waals surface area contributed by atoms with E-state index >= 15 is 0 Å². The number of amides is 1. The summed E-state index contributed by atoms with van der Waals surface area (Å²) in [4.78, 5) is 22.8. The van der Waals surface area contributed by atoms with Crippen LogP contribution >= 0.6 is 0 Å². The van der Waals surface area contributed by atoms with Crippen LogP contribution in [0.1, 0.15) is 5.56 Å². The number of hydrogen-bond donors (Lipinski definition) is 1. The summed E-state index contributed by atoms with van der Waals surface area (Å²) in [6.45, 7) is -0.595. The van der Waals surface area contributed by atoms with Gasteiger partial charge in [-0.3, -0.25) is 19.2 Å². The summed E-state index contributed by atoms with van der Waals surface area (Å²) < 4.78 is 40.7. The highest BCUT2D eigenvalue weighted by Gasteiger charge is 2.24. The summed E-state index contributed by atoms with van der Waals surface area (Å²) >= 11 is 0. The number of rotatable bonds is 10. The third-order valence-corrected chi connectivity index (χ3v) is 5.27. The fourth-order valence-electron chi connectivity index (χ4n) is 2.65. The molecule has 0 radical (unpaired) electrons. The molecule has 0 aliphatic heterocycles. The molecule has 0 fully saturated rings. The highest BCUT2D eigenvalue weighted by molar-refractivity contribution is 7.92. The number of nitrogens with zero attached hydrogens (tertiary/aromatic N) is 3. The lowest BCUT2D eigenvalue weighted by Crippen LogP contribution is -2.39. The van der Waals surface area contributed by atoms with Gasteiger partial charge in [0.2, 0.25) is 10.0 Å². The van der Waals surface area contributed by atoms with Crippen LogP contribution in [0.3, 0.4) is 0 Å². The first-order valence-electron chi connectivity index (χ1n) is 8.94. The molecule has 2 aromatic rings. The van der Waals surface area contributed by atoms with Crippen molar-refractivity contribution in [2.75, 3.05) is 38.4 Å². The zero-order valence-corrected chi connectivity index (χ0v) is 18.6. The molecular formula is C19H22N4O8S. The fourth-order valence-corrected chi connectivity index (χ4v) is 3.50. The molecule has 0 aromatic heterocycles. The van der Waals surface area contributed by atoms with Crippen molar-refractivity contribution < 1.29 is 32.3 Å². The van der Waals surface area contributed by atoms with Crippen molar-refractivity contribution in [3.05, 3.63) is 52.1 Å². The molecular weight excluding hydrogens is 444 g/mol. The maximum atomic E-state index is 12.4. The normalized spacial score (nSPS) is 11.1. The van der Waals surface area contributed by atoms with Crippen molar-refractivity contribution in [2.45, 2.75) is 0 Å². The highest BCUT2D eigenvalue weighted by atomic mass is 32.2. The van der Waals surface area contributed by atoms with E-state index in [9.17, 15) is 23.3 Å². The predicted molar refractivity (Wildman–Crippen MR) is 117 cm³/mol. The second-order valence-corrected chi connectivity index (χ2v) is 8.20. The molecule has 0 aliphatic carbocycles. The summed E-state index contributed by atoms with van der Waals surface area (Å²) in [6.07, 6.45) is 2.13. The van der Waals surface area contributed by atoms with Gasteiger partial charge in [-0.25, -0.2) is 13.8 Å². The van der Waals surface area contributed by atoms with Crippen LogP contribution in [0.5, 0.6) is 17.2 Å². The molecule has 0 heterocycles. The molecule has 1 N–H and O–H groups in total. The average Bonchev–Trinajstić information content (AvgIpc) is 2.76. The van der Waals surface area contributed by atoms with Crippen LogP contribution in [0.15, 0.2) is 41.5 Å². The van der Waals surface area contributed by atoms with E-state index in [2.05, 4.69) is 10.5 Å². The Hall–Kier alpha value is -3.87. The molecule has 2 aromatic carbocycles. The van der Waals surface area contributed by atoms with Gasteiger partial charge in [-0.15, -0.1) is 0 Å². The number of nitro benzene ring substituents is 1. The molecule has 13 heteroatoms. The van der Waals surface area contributed by atoms with Gasteiger partial charge in [0.05, 0.1) is 44.4 Å². The van der Waals surface area contributed by atoms with Crippen LogP contribution < -0.4 is 23.9 Å². The molecule has 32 heavy (non-hydrogen) atoms. The van der Waals surface area contributed by atoms with Gasteiger partial charge in [0.15, 0.2) is 5.75 Å². The molecule has 0 saturated heterocycles. The molecule has 0 aliphatic rings. The van der Waals surface area contributed by atoms with Gasteiger partial charge >= 0.3 is 5.69 Å². The predicted octanol–water partition coefficient (Wildman–Crippen LogP) is 1.54. The Morgan fingerprint density at radius 1 is 1.12 bits per heavy atom. The summed E-state index contributed by atoms with van der Waals surface area (Å²) in [6, 6.07) is 8.64. The number of carbonyl (C=O) groups excluding carboxylic acids is 1. The first kappa shape index (κ1) is 24.4. The molecule has 0 spiro atoms. The van der Waals surface area contributed by atoms with E-state index < -0.39 is 27.4 Å². The van der Waals surface area contributed by atoms with Crippen molar-refractivity contribution in [1.82, 2.24) is 5.43 Å². The molecule has 0 atom stereocenters. The third kappa shape index (κ3) is 6.07. The van der Waals surface area contributed by atoms with Crippen LogP contribution in [0.4, 0.5) is 11.4 Å². The number of nitrogens with one attached hydrogen (secondary N) is 1. The number of nitro groups is 1. The fraction of sp³-hybridized carbons (Fsp3) is 0.263. The van der Waals surface area contributed by atoms with Crippen molar-refractivity contribution >= 4 is 33.5 Å². The smallest absolute Gasteiger partial charge is 0.311 e. The van der Waals surface area contributed by atoms with Gasteiger partial charge < -0.3 is 14.2 Å². The maximum Gasteiger partial charge on any atom is 0.311 e. The average molecular weight is 466 g/mol. The SMILES string of the molecule is COc1ccc(OC)c(N(CC(=O)NN=Cc2ccc(OC)c([N+](=O)[O-])c2)S(C)(=O)=O)c1. The van der Waals surface area contributed by atoms with Gasteiger partial charge in [-0.05, 0) is 24.3 Å². The Labute approximate surface area is 184 Å². The van der Waals surface area contributed by atoms with Crippen LogP contribution in [0.2, 0.25) is 0 Å². The van der Waals surface area contributed by atoms with Crippen molar-refractivity contribution in [1.29, 1.82) is 0 Å². The second-order valence-electron chi connectivity index (χ2n) is 6.29. The van der Waals surface area contributed by atoms with Crippen molar-refractivity contribution in [3.63, 3.8) is 0 Å². The monoisotopic (exact) mass is 466 g/mol. The van der Waals surface area contributed by atoms with Gasteiger partial charge in [0.1, 0.15) is 18.0 Å². The Kier molecular flexibility index (Phi) is 7.96. The summed E-state index contributed by atoms with van der Waals surface area (Å²) in [5, 5.41) is 14.8. The lowest BCUT2D eigenvalue weighted by molar-refractivity contribution is -0.385. The van der Waals surface area contributed by atoms with Crippen LogP contribution in [-0.2, 0) is 14.8 Å².